The Morgan fingerprint density at radius 3 is 1.61 bits per heavy atom. The zero-order valence-electron chi connectivity index (χ0n) is 15.4. The van der Waals surface area contributed by atoms with Crippen LogP contribution in [0.25, 0.3) is 4.85 Å². The Balaban J connectivity index is 0.000000231. The van der Waals surface area contributed by atoms with E-state index >= 15 is 0 Å². The molecule has 0 saturated heterocycles. The number of aryl methyl sites for hydroxylation is 1. The summed E-state index contributed by atoms with van der Waals surface area (Å²) in [5.74, 6) is 0. The van der Waals surface area contributed by atoms with Crippen LogP contribution in [0.5, 0.6) is 0 Å². The first-order valence-electron chi connectivity index (χ1n) is 7.95. The molecule has 0 saturated carbocycles. The van der Waals surface area contributed by atoms with E-state index in [1.54, 1.807) is 0 Å². The fourth-order valence-corrected chi connectivity index (χ4v) is 1.95. The Hall–Kier alpha value is -2.14. The van der Waals surface area contributed by atoms with Crippen LogP contribution in [-0.2, 0) is 10.8 Å². The van der Waals surface area contributed by atoms with E-state index < -0.39 is 0 Å². The average molecular weight is 308 g/mol. The summed E-state index contributed by atoms with van der Waals surface area (Å²) in [6.07, 6.45) is 1.95. The largest absolute Gasteiger partial charge is 0.261 e. The summed E-state index contributed by atoms with van der Waals surface area (Å²) in [6.45, 7) is 21.9. The first-order chi connectivity index (χ1) is 10.5. The van der Waals surface area contributed by atoms with E-state index in [0.29, 0.717) is 5.69 Å². The molecule has 1 heterocycles. The van der Waals surface area contributed by atoms with Gasteiger partial charge in [-0.05, 0) is 34.9 Å². The van der Waals surface area contributed by atoms with Crippen molar-refractivity contribution in [1.29, 1.82) is 0 Å². The fourth-order valence-electron chi connectivity index (χ4n) is 1.95. The standard InChI is InChI=1S/C11H13N.C10H15N/c1-11(2,3)9-5-7-10(12-4)8-6-9;1-8-5-6-9(7-11-8)10(2,3)4/h5-8H,1-3H3;5-7H,1-4H3. The predicted octanol–water partition coefficient (Wildman–Crippen LogP) is 6.22. The topological polar surface area (TPSA) is 17.2 Å². The average Bonchev–Trinajstić information content (AvgIpc) is 2.46. The number of pyridine rings is 1. The third kappa shape index (κ3) is 6.24. The summed E-state index contributed by atoms with van der Waals surface area (Å²) in [4.78, 5) is 7.59. The third-order valence-electron chi connectivity index (χ3n) is 3.64. The second-order valence-corrected chi connectivity index (χ2v) is 7.85. The molecule has 0 amide bonds. The van der Waals surface area contributed by atoms with Crippen molar-refractivity contribution in [2.45, 2.75) is 59.3 Å². The Labute approximate surface area is 141 Å². The molecule has 0 fully saturated rings. The lowest BCUT2D eigenvalue weighted by Gasteiger charge is -2.18. The summed E-state index contributed by atoms with van der Waals surface area (Å²) in [5.41, 5.74) is 4.76. The van der Waals surface area contributed by atoms with Crippen LogP contribution in [0.4, 0.5) is 5.69 Å². The highest BCUT2D eigenvalue weighted by atomic mass is 14.7. The summed E-state index contributed by atoms with van der Waals surface area (Å²) in [5, 5.41) is 0. The van der Waals surface area contributed by atoms with Gasteiger partial charge < -0.3 is 0 Å². The van der Waals surface area contributed by atoms with Gasteiger partial charge in [0.25, 0.3) is 0 Å². The minimum Gasteiger partial charge on any atom is -0.261 e. The van der Waals surface area contributed by atoms with Crippen molar-refractivity contribution in [1.82, 2.24) is 4.98 Å². The molecule has 0 N–H and O–H groups in total. The van der Waals surface area contributed by atoms with Crippen molar-refractivity contribution >= 4 is 5.69 Å². The molecule has 2 aromatic rings. The Morgan fingerprint density at radius 2 is 1.26 bits per heavy atom. The van der Waals surface area contributed by atoms with Crippen molar-refractivity contribution in [2.75, 3.05) is 0 Å². The van der Waals surface area contributed by atoms with E-state index in [4.69, 9.17) is 6.57 Å². The van der Waals surface area contributed by atoms with Gasteiger partial charge in [-0.1, -0.05) is 71.9 Å². The number of benzene rings is 1. The second kappa shape index (κ2) is 7.42. The highest BCUT2D eigenvalue weighted by Crippen LogP contribution is 2.24. The molecule has 0 aliphatic carbocycles. The number of rotatable bonds is 0. The van der Waals surface area contributed by atoms with E-state index in [0.717, 1.165) is 5.69 Å². The van der Waals surface area contributed by atoms with E-state index in [1.165, 1.54) is 11.1 Å². The van der Waals surface area contributed by atoms with Gasteiger partial charge in [-0.3, -0.25) is 4.98 Å². The Bertz CT molecular complexity index is 645. The molecule has 122 valence electrons. The number of aromatic nitrogens is 1. The highest BCUT2D eigenvalue weighted by molar-refractivity contribution is 5.46. The molecular weight excluding hydrogens is 280 g/mol. The van der Waals surface area contributed by atoms with Crippen LogP contribution in [0, 0.1) is 13.5 Å². The Kier molecular flexibility index (Phi) is 6.10. The van der Waals surface area contributed by atoms with Crippen molar-refractivity contribution in [3.05, 3.63) is 70.8 Å². The Morgan fingerprint density at radius 1 is 0.783 bits per heavy atom. The van der Waals surface area contributed by atoms with Gasteiger partial charge in [0.1, 0.15) is 0 Å². The summed E-state index contributed by atoms with van der Waals surface area (Å²) < 4.78 is 0. The first-order valence-corrected chi connectivity index (χ1v) is 7.95. The number of nitrogens with zero attached hydrogens (tertiary/aromatic N) is 2. The van der Waals surface area contributed by atoms with Gasteiger partial charge >= 0.3 is 0 Å². The summed E-state index contributed by atoms with van der Waals surface area (Å²) in [7, 11) is 0. The lowest BCUT2D eigenvalue weighted by Crippen LogP contribution is -2.11. The molecule has 0 bridgehead atoms. The first kappa shape index (κ1) is 18.9. The number of hydrogen-bond donors (Lipinski definition) is 0. The normalized spacial score (nSPS) is 11.2. The SMILES string of the molecule is Cc1ccc(C(C)(C)C)cn1.[C-]#[N+]c1ccc(C(C)(C)C)cc1. The summed E-state index contributed by atoms with van der Waals surface area (Å²) >= 11 is 0. The molecule has 2 nitrogen and oxygen atoms in total. The van der Waals surface area contributed by atoms with Gasteiger partial charge in [0.05, 0.1) is 6.57 Å². The fraction of sp³-hybridized carbons (Fsp3) is 0.429. The minimum absolute atomic E-state index is 0.181. The lowest BCUT2D eigenvalue weighted by molar-refractivity contribution is 0.587. The predicted molar refractivity (Wildman–Crippen MR) is 99.1 cm³/mol. The van der Waals surface area contributed by atoms with Gasteiger partial charge in [0.15, 0.2) is 5.69 Å². The van der Waals surface area contributed by atoms with Gasteiger partial charge in [-0.15, -0.1) is 0 Å². The molecule has 0 radical (unpaired) electrons. The lowest BCUT2D eigenvalue weighted by atomic mass is 9.87. The second-order valence-electron chi connectivity index (χ2n) is 7.85. The zero-order valence-corrected chi connectivity index (χ0v) is 15.4. The van der Waals surface area contributed by atoms with E-state index in [9.17, 15) is 0 Å². The molecule has 0 aliphatic heterocycles. The van der Waals surface area contributed by atoms with Gasteiger partial charge in [0.2, 0.25) is 0 Å². The maximum Gasteiger partial charge on any atom is 0.187 e. The van der Waals surface area contributed by atoms with Crippen LogP contribution in [-0.4, -0.2) is 4.98 Å². The van der Waals surface area contributed by atoms with Crippen molar-refractivity contribution in [3.63, 3.8) is 0 Å². The molecule has 0 spiro atoms. The molecule has 0 unspecified atom stereocenters. The van der Waals surface area contributed by atoms with Gasteiger partial charge in [0, 0.05) is 11.9 Å². The van der Waals surface area contributed by atoms with Gasteiger partial charge in [-0.2, -0.15) is 0 Å². The van der Waals surface area contributed by atoms with Gasteiger partial charge in [-0.25, -0.2) is 4.85 Å². The smallest absolute Gasteiger partial charge is 0.187 e. The minimum atomic E-state index is 0.181. The quantitative estimate of drug-likeness (QED) is 0.528. The van der Waals surface area contributed by atoms with Crippen LogP contribution < -0.4 is 0 Å². The van der Waals surface area contributed by atoms with Crippen LogP contribution in [0.15, 0.2) is 42.6 Å². The summed E-state index contributed by atoms with van der Waals surface area (Å²) in [6, 6.07) is 12.0. The molecule has 1 aromatic heterocycles. The molecule has 0 aliphatic rings. The molecule has 2 heteroatoms. The third-order valence-corrected chi connectivity index (χ3v) is 3.64. The molecule has 2 rings (SSSR count). The van der Waals surface area contributed by atoms with Crippen LogP contribution in [0.2, 0.25) is 0 Å². The van der Waals surface area contributed by atoms with Crippen molar-refractivity contribution in [2.24, 2.45) is 0 Å². The van der Waals surface area contributed by atoms with Crippen LogP contribution in [0.1, 0.15) is 58.4 Å². The zero-order chi connectivity index (χ0) is 17.7. The van der Waals surface area contributed by atoms with Crippen LogP contribution in [0.3, 0.4) is 0 Å². The van der Waals surface area contributed by atoms with E-state index in [2.05, 4.69) is 63.5 Å². The monoisotopic (exact) mass is 308 g/mol. The van der Waals surface area contributed by atoms with Crippen molar-refractivity contribution < 1.29 is 0 Å². The molecule has 1 aromatic carbocycles. The maximum absolute atomic E-state index is 6.80. The maximum atomic E-state index is 6.80. The molecular formula is C21H28N2. The highest BCUT2D eigenvalue weighted by Gasteiger charge is 2.13. The van der Waals surface area contributed by atoms with E-state index in [1.807, 2.05) is 37.4 Å². The molecule has 0 atom stereocenters. The van der Waals surface area contributed by atoms with Crippen LogP contribution >= 0.6 is 0 Å². The number of hydrogen-bond acceptors (Lipinski definition) is 1. The van der Waals surface area contributed by atoms with E-state index in [-0.39, 0.29) is 10.8 Å². The van der Waals surface area contributed by atoms with Crippen molar-refractivity contribution in [3.8, 4) is 0 Å². The molecule has 23 heavy (non-hydrogen) atoms.